The van der Waals surface area contributed by atoms with E-state index < -0.39 is 124 Å². The average Bonchev–Trinajstić information content (AvgIpc) is 0.781. The van der Waals surface area contributed by atoms with Crippen molar-refractivity contribution in [2.24, 2.45) is 0 Å². The summed E-state index contributed by atoms with van der Waals surface area (Å²) in [7, 11) is 0. The number of amides is 1. The van der Waals surface area contributed by atoms with Crippen molar-refractivity contribution < 1.29 is 89.4 Å². The minimum absolute atomic E-state index is 0.227. The van der Waals surface area contributed by atoms with E-state index in [0.29, 0.717) is 12.8 Å². The van der Waals surface area contributed by atoms with Crippen LogP contribution in [0.4, 0.5) is 0 Å². The van der Waals surface area contributed by atoms with Crippen molar-refractivity contribution in [3.8, 4) is 0 Å². The van der Waals surface area contributed by atoms with Crippen LogP contribution < -0.4 is 5.32 Å². The molecule has 3 saturated heterocycles. The first-order valence-electron chi connectivity index (χ1n) is 42.0. The molecule has 0 aliphatic carbocycles. The molecule has 19 nitrogen and oxygen atoms in total. The summed E-state index contributed by atoms with van der Waals surface area (Å²) in [6.07, 6.45) is 62.6. The molecule has 3 heterocycles. The third-order valence-corrected chi connectivity index (χ3v) is 20.3. The molecule has 0 saturated carbocycles. The molecule has 0 aromatic rings. The number of rotatable bonds is 66. The summed E-state index contributed by atoms with van der Waals surface area (Å²) in [5.41, 5.74) is 0. The first kappa shape index (κ1) is 95.9. The van der Waals surface area contributed by atoms with Gasteiger partial charge in [-0.15, -0.1) is 0 Å². The van der Waals surface area contributed by atoms with Crippen molar-refractivity contribution in [1.29, 1.82) is 0 Å². The van der Waals surface area contributed by atoms with Crippen LogP contribution in [0.5, 0.6) is 0 Å². The number of unbranched alkanes of at least 4 members (excludes halogenated alkanes) is 36. The summed E-state index contributed by atoms with van der Waals surface area (Å²) in [6.45, 7) is 1.63. The van der Waals surface area contributed by atoms with Crippen molar-refractivity contribution in [3.63, 3.8) is 0 Å². The lowest BCUT2D eigenvalue weighted by Gasteiger charge is -2.48. The first-order chi connectivity index (χ1) is 51.3. The monoisotopic (exact) mass is 1490 g/mol. The summed E-state index contributed by atoms with van der Waals surface area (Å²) in [6, 6.07) is -1.00. The lowest BCUT2D eigenvalue weighted by molar-refractivity contribution is -0.379. The van der Waals surface area contributed by atoms with Gasteiger partial charge >= 0.3 is 0 Å². The zero-order valence-corrected chi connectivity index (χ0v) is 65.2. The van der Waals surface area contributed by atoms with E-state index in [-0.39, 0.29) is 18.9 Å². The molecule has 105 heavy (non-hydrogen) atoms. The van der Waals surface area contributed by atoms with E-state index >= 15 is 0 Å². The highest BCUT2D eigenvalue weighted by atomic mass is 16.8. The van der Waals surface area contributed by atoms with E-state index in [1.54, 1.807) is 6.08 Å². The molecule has 3 rings (SSSR count). The number of aliphatic hydroxyl groups excluding tert-OH is 11. The molecule has 0 bridgehead atoms. The Bertz CT molecular complexity index is 2270. The molecule has 3 fully saturated rings. The molecule has 0 radical (unpaired) electrons. The molecule has 17 atom stereocenters. The molecule has 3 aliphatic rings. The number of carbonyl (C=O) groups excluding carboxylic acids is 1. The zero-order valence-electron chi connectivity index (χ0n) is 65.2. The number of hydrogen-bond donors (Lipinski definition) is 12. The van der Waals surface area contributed by atoms with E-state index in [2.05, 4.69) is 104 Å². The van der Waals surface area contributed by atoms with Crippen LogP contribution >= 0.6 is 0 Å². The molecule has 3 aliphatic heterocycles. The maximum atomic E-state index is 13.5. The smallest absolute Gasteiger partial charge is 0.220 e. The SMILES string of the molecule is CC/C=C\C/C=C\C/C=C\C/C=C\C/C=C\CCCCCCCCCCCCCCCCCC(=O)NC(COC1OC(CO)C(OC2OC(CO)C(OC3OC(CO)C(O)C(O)C3O)C(O)C2O)C(O)C1O)C(O)/C=C/CC/C=C/CC/C=C/CCCCCCCCCCCCCCCCCCCCC. The van der Waals surface area contributed by atoms with E-state index in [1.807, 2.05) is 6.08 Å². The Labute approximate surface area is 634 Å². The van der Waals surface area contributed by atoms with Crippen LogP contribution in [0.2, 0.25) is 0 Å². The number of aliphatic hydroxyl groups is 11. The first-order valence-corrected chi connectivity index (χ1v) is 42.0. The standard InChI is InChI=1S/C86H151NO18/c1-3-5-7-9-11-13-15-17-19-21-23-25-27-29-31-33-34-36-38-40-42-44-46-48-50-52-54-56-58-60-62-64-74(92)87-69(70(91)63-61-59-57-55-53-51-49-47-45-43-41-39-37-35-32-30-28-26-24-22-20-18-16-14-12-10-8-6-4-2)68-100-84-80(98)77(95)82(72(66-89)102-84)105-86-81(99)78(96)83(73(67-90)103-86)104-85-79(97)76(94)75(93)71(65-88)101-85/h5,7,11,13,17,19,23,25,29,31,45,47,53,55,61,63,69-73,75-86,88-91,93-99H,3-4,6,8-10,12,14-16,18,20-22,24,26-28,30,32-44,46,48-52,54,56-60,62,64-68H2,1-2H3,(H,87,92)/b7-5-,13-11-,19-17-,25-23-,31-29-,47-45+,55-53+,63-61+. The highest BCUT2D eigenvalue weighted by molar-refractivity contribution is 5.76. The van der Waals surface area contributed by atoms with E-state index in [0.717, 1.165) is 83.5 Å². The lowest BCUT2D eigenvalue weighted by Crippen LogP contribution is -2.66. The Morgan fingerprint density at radius 3 is 1.07 bits per heavy atom. The van der Waals surface area contributed by atoms with Gasteiger partial charge in [0.15, 0.2) is 18.9 Å². The van der Waals surface area contributed by atoms with Crippen LogP contribution in [0.1, 0.15) is 309 Å². The Hall–Kier alpha value is -3.29. The van der Waals surface area contributed by atoms with Crippen LogP contribution in [0.15, 0.2) is 97.2 Å². The number of carbonyl (C=O) groups is 1. The summed E-state index contributed by atoms with van der Waals surface area (Å²) < 4.78 is 34.5. The Morgan fingerprint density at radius 1 is 0.352 bits per heavy atom. The van der Waals surface area contributed by atoms with Gasteiger partial charge in [0.1, 0.15) is 73.2 Å². The van der Waals surface area contributed by atoms with Crippen LogP contribution in [-0.2, 0) is 33.2 Å². The van der Waals surface area contributed by atoms with Crippen LogP contribution in [0.3, 0.4) is 0 Å². The summed E-state index contributed by atoms with van der Waals surface area (Å²) >= 11 is 0. The highest BCUT2D eigenvalue weighted by Crippen LogP contribution is 2.33. The highest BCUT2D eigenvalue weighted by Gasteiger charge is 2.54. The molecule has 0 aromatic carbocycles. The summed E-state index contributed by atoms with van der Waals surface area (Å²) in [4.78, 5) is 13.5. The van der Waals surface area contributed by atoms with E-state index in [1.165, 1.54) is 193 Å². The second-order valence-electron chi connectivity index (χ2n) is 29.5. The van der Waals surface area contributed by atoms with Crippen molar-refractivity contribution in [1.82, 2.24) is 5.32 Å². The predicted octanol–water partition coefficient (Wildman–Crippen LogP) is 14.7. The molecule has 12 N–H and O–H groups in total. The zero-order chi connectivity index (χ0) is 76.0. The van der Waals surface area contributed by atoms with Gasteiger partial charge in [0, 0.05) is 6.42 Å². The summed E-state index contributed by atoms with van der Waals surface area (Å²) in [5.74, 6) is -0.290. The van der Waals surface area contributed by atoms with Crippen LogP contribution in [-0.4, -0.2) is 193 Å². The van der Waals surface area contributed by atoms with Gasteiger partial charge in [-0.1, -0.05) is 310 Å². The molecule has 1 amide bonds. The fraction of sp³-hybridized carbons (Fsp3) is 0.802. The van der Waals surface area contributed by atoms with Gasteiger partial charge in [-0.3, -0.25) is 4.79 Å². The molecular weight excluding hydrogens is 1330 g/mol. The van der Waals surface area contributed by atoms with Gasteiger partial charge < -0.3 is 89.9 Å². The van der Waals surface area contributed by atoms with Gasteiger partial charge in [0.05, 0.1) is 38.6 Å². The number of ether oxygens (including phenoxy) is 6. The maximum absolute atomic E-state index is 13.5. The topological polar surface area (TPSA) is 307 Å². The third-order valence-electron chi connectivity index (χ3n) is 20.3. The van der Waals surface area contributed by atoms with E-state index in [9.17, 15) is 61.0 Å². The fourth-order valence-electron chi connectivity index (χ4n) is 13.7. The largest absolute Gasteiger partial charge is 0.394 e. The second kappa shape index (κ2) is 65.4. The molecule has 0 aromatic heterocycles. The molecule has 17 unspecified atom stereocenters. The number of allylic oxidation sites excluding steroid dienone is 15. The molecule has 608 valence electrons. The minimum Gasteiger partial charge on any atom is -0.394 e. The van der Waals surface area contributed by atoms with Crippen LogP contribution in [0, 0.1) is 0 Å². The van der Waals surface area contributed by atoms with Crippen LogP contribution in [0.25, 0.3) is 0 Å². The van der Waals surface area contributed by atoms with Crippen molar-refractivity contribution in [3.05, 3.63) is 97.2 Å². The average molecular weight is 1490 g/mol. The summed E-state index contributed by atoms with van der Waals surface area (Å²) in [5, 5.41) is 121. The predicted molar refractivity (Wildman–Crippen MR) is 420 cm³/mol. The maximum Gasteiger partial charge on any atom is 0.220 e. The Balaban J connectivity index is 1.38. The lowest BCUT2D eigenvalue weighted by atomic mass is 9.96. The molecule has 0 spiro atoms. The number of nitrogens with one attached hydrogen (secondary N) is 1. The van der Waals surface area contributed by atoms with Crippen molar-refractivity contribution in [2.75, 3.05) is 26.4 Å². The van der Waals surface area contributed by atoms with Gasteiger partial charge in [0.25, 0.3) is 0 Å². The van der Waals surface area contributed by atoms with E-state index in [4.69, 9.17) is 28.4 Å². The normalized spacial score (nSPS) is 26.3. The van der Waals surface area contributed by atoms with Gasteiger partial charge in [-0.05, 0) is 89.9 Å². The van der Waals surface area contributed by atoms with Crippen molar-refractivity contribution >= 4 is 5.91 Å². The molecular formula is C86H151NO18. The van der Waals surface area contributed by atoms with Crippen molar-refractivity contribution in [2.45, 2.75) is 413 Å². The number of hydrogen-bond acceptors (Lipinski definition) is 18. The van der Waals surface area contributed by atoms with Gasteiger partial charge in [0.2, 0.25) is 5.91 Å². The third kappa shape index (κ3) is 45.0. The molecule has 19 heteroatoms. The Morgan fingerprint density at radius 2 is 0.667 bits per heavy atom. The quantitative estimate of drug-likeness (QED) is 0.0199. The minimum atomic E-state index is -1.99. The van der Waals surface area contributed by atoms with Gasteiger partial charge in [-0.2, -0.15) is 0 Å². The fourth-order valence-corrected chi connectivity index (χ4v) is 13.7. The Kier molecular flexibility index (Phi) is 59.8. The van der Waals surface area contributed by atoms with Gasteiger partial charge in [-0.25, -0.2) is 0 Å². The second-order valence-corrected chi connectivity index (χ2v) is 29.5.